The summed E-state index contributed by atoms with van der Waals surface area (Å²) in [6.45, 7) is 1.61. The Morgan fingerprint density at radius 2 is 1.39 bits per heavy atom. The highest BCUT2D eigenvalue weighted by Gasteiger charge is 2.12. The van der Waals surface area contributed by atoms with Gasteiger partial charge in [0.15, 0.2) is 6.61 Å². The number of amides is 1. The van der Waals surface area contributed by atoms with Gasteiger partial charge in [-0.3, -0.25) is 9.59 Å². The lowest BCUT2D eigenvalue weighted by atomic mass is 10.0. The molecule has 1 N–H and O–H groups in total. The molecule has 0 bridgehead atoms. The summed E-state index contributed by atoms with van der Waals surface area (Å²) < 4.78 is 5.11. The van der Waals surface area contributed by atoms with Gasteiger partial charge in [0, 0.05) is 0 Å². The Bertz CT molecular complexity index is 906. The minimum Gasteiger partial charge on any atom is -0.455 e. The average Bonchev–Trinajstić information content (AvgIpc) is 2.74. The third kappa shape index (κ3) is 5.55. The Morgan fingerprint density at radius 1 is 0.821 bits per heavy atom. The Kier molecular flexibility index (Phi) is 6.58. The molecule has 3 rings (SSSR count). The van der Waals surface area contributed by atoms with Gasteiger partial charge in [0.1, 0.15) is 0 Å². The van der Waals surface area contributed by atoms with Crippen molar-refractivity contribution in [2.75, 3.05) is 6.61 Å². The second-order valence-electron chi connectivity index (χ2n) is 6.60. The van der Waals surface area contributed by atoms with E-state index in [1.165, 1.54) is 0 Å². The van der Waals surface area contributed by atoms with E-state index in [-0.39, 0.29) is 25.0 Å². The summed E-state index contributed by atoms with van der Waals surface area (Å²) >= 11 is 0. The number of benzene rings is 3. The van der Waals surface area contributed by atoms with Gasteiger partial charge >= 0.3 is 5.97 Å². The average molecular weight is 373 g/mol. The zero-order chi connectivity index (χ0) is 19.8. The van der Waals surface area contributed by atoms with Gasteiger partial charge in [-0.25, -0.2) is 0 Å². The summed E-state index contributed by atoms with van der Waals surface area (Å²) in [4.78, 5) is 24.0. The van der Waals surface area contributed by atoms with Crippen molar-refractivity contribution in [2.24, 2.45) is 0 Å². The van der Waals surface area contributed by atoms with Crippen molar-refractivity contribution in [1.29, 1.82) is 0 Å². The first-order valence-electron chi connectivity index (χ1n) is 9.26. The largest absolute Gasteiger partial charge is 0.455 e. The molecule has 1 amide bonds. The molecule has 0 saturated carbocycles. The van der Waals surface area contributed by atoms with Crippen molar-refractivity contribution in [3.63, 3.8) is 0 Å². The van der Waals surface area contributed by atoms with Crippen molar-refractivity contribution in [3.8, 4) is 11.1 Å². The molecule has 0 radical (unpaired) electrons. The standard InChI is InChI=1S/C24H23NO3/c1-18(20-8-4-2-5-9-20)25-23(26)17-28-24(27)16-19-12-14-22(15-13-19)21-10-6-3-7-11-21/h2-15,18H,16-17H2,1H3,(H,25,26)/t18-/m1/s1. The second kappa shape index (κ2) is 9.51. The first-order valence-corrected chi connectivity index (χ1v) is 9.26. The summed E-state index contributed by atoms with van der Waals surface area (Å²) in [6.07, 6.45) is 0.136. The zero-order valence-electron chi connectivity index (χ0n) is 15.8. The van der Waals surface area contributed by atoms with Crippen molar-refractivity contribution in [3.05, 3.63) is 96.1 Å². The van der Waals surface area contributed by atoms with Crippen LogP contribution in [0.5, 0.6) is 0 Å². The fourth-order valence-corrected chi connectivity index (χ4v) is 2.92. The highest BCUT2D eigenvalue weighted by molar-refractivity contribution is 5.81. The molecule has 1 atom stereocenters. The van der Waals surface area contributed by atoms with Crippen LogP contribution in [-0.2, 0) is 20.7 Å². The molecule has 0 fully saturated rings. The quantitative estimate of drug-likeness (QED) is 0.628. The number of ether oxygens (including phenoxy) is 1. The van der Waals surface area contributed by atoms with Gasteiger partial charge in [-0.1, -0.05) is 84.9 Å². The van der Waals surface area contributed by atoms with E-state index in [1.807, 2.05) is 91.9 Å². The molecule has 0 heterocycles. The maximum atomic E-state index is 12.0. The molecule has 0 aliphatic rings. The van der Waals surface area contributed by atoms with Crippen LogP contribution in [0.2, 0.25) is 0 Å². The highest BCUT2D eigenvalue weighted by atomic mass is 16.5. The molecule has 0 saturated heterocycles. The lowest BCUT2D eigenvalue weighted by Crippen LogP contribution is -2.31. The first-order chi connectivity index (χ1) is 13.6. The minimum atomic E-state index is -0.421. The van der Waals surface area contributed by atoms with Gasteiger partial charge < -0.3 is 10.1 Å². The van der Waals surface area contributed by atoms with Gasteiger partial charge in [0.05, 0.1) is 12.5 Å². The number of nitrogens with one attached hydrogen (secondary N) is 1. The van der Waals surface area contributed by atoms with Crippen LogP contribution < -0.4 is 5.32 Å². The van der Waals surface area contributed by atoms with E-state index in [9.17, 15) is 9.59 Å². The van der Waals surface area contributed by atoms with Gasteiger partial charge in [-0.05, 0) is 29.2 Å². The Morgan fingerprint density at radius 3 is 2.04 bits per heavy atom. The summed E-state index contributed by atoms with van der Waals surface area (Å²) in [6, 6.07) is 27.3. The van der Waals surface area contributed by atoms with Gasteiger partial charge in [0.25, 0.3) is 5.91 Å². The number of hydrogen-bond donors (Lipinski definition) is 1. The van der Waals surface area contributed by atoms with Crippen LogP contribution in [0, 0.1) is 0 Å². The molecule has 3 aromatic carbocycles. The molecule has 4 nitrogen and oxygen atoms in total. The molecule has 0 unspecified atom stereocenters. The monoisotopic (exact) mass is 373 g/mol. The number of carbonyl (C=O) groups is 2. The van der Waals surface area contributed by atoms with Crippen molar-refractivity contribution in [2.45, 2.75) is 19.4 Å². The van der Waals surface area contributed by atoms with Crippen molar-refractivity contribution < 1.29 is 14.3 Å². The van der Waals surface area contributed by atoms with Crippen LogP contribution in [0.1, 0.15) is 24.1 Å². The van der Waals surface area contributed by atoms with Crippen LogP contribution in [-0.4, -0.2) is 18.5 Å². The van der Waals surface area contributed by atoms with E-state index in [2.05, 4.69) is 5.32 Å². The van der Waals surface area contributed by atoms with E-state index in [1.54, 1.807) is 0 Å². The number of hydrogen-bond acceptors (Lipinski definition) is 3. The number of carbonyl (C=O) groups excluding carboxylic acids is 2. The zero-order valence-corrected chi connectivity index (χ0v) is 15.8. The minimum absolute atomic E-state index is 0.136. The maximum absolute atomic E-state index is 12.0. The molecular formula is C24H23NO3. The lowest BCUT2D eigenvalue weighted by Gasteiger charge is -2.14. The second-order valence-corrected chi connectivity index (χ2v) is 6.60. The van der Waals surface area contributed by atoms with Crippen LogP contribution in [0.3, 0.4) is 0 Å². The third-order valence-corrected chi connectivity index (χ3v) is 4.45. The number of rotatable bonds is 7. The molecule has 142 valence electrons. The van der Waals surface area contributed by atoms with Gasteiger partial charge in [0.2, 0.25) is 0 Å². The lowest BCUT2D eigenvalue weighted by molar-refractivity contribution is -0.148. The molecule has 0 aliphatic carbocycles. The number of esters is 1. The SMILES string of the molecule is C[C@@H](NC(=O)COC(=O)Cc1ccc(-c2ccccc2)cc1)c1ccccc1. The van der Waals surface area contributed by atoms with Crippen LogP contribution in [0.15, 0.2) is 84.9 Å². The summed E-state index contributed by atoms with van der Waals surface area (Å²) in [5, 5.41) is 2.82. The van der Waals surface area contributed by atoms with E-state index in [4.69, 9.17) is 4.74 Å². The van der Waals surface area contributed by atoms with E-state index in [0.29, 0.717) is 0 Å². The molecule has 0 aromatic heterocycles. The smallest absolute Gasteiger partial charge is 0.310 e. The predicted octanol–water partition coefficient (Wildman–Crippen LogP) is 4.32. The Hall–Kier alpha value is -3.40. The predicted molar refractivity (Wildman–Crippen MR) is 110 cm³/mol. The molecule has 0 aliphatic heterocycles. The summed E-state index contributed by atoms with van der Waals surface area (Å²) in [7, 11) is 0. The molecule has 0 spiro atoms. The first kappa shape index (κ1) is 19.4. The Balaban J connectivity index is 1.46. The maximum Gasteiger partial charge on any atom is 0.310 e. The van der Waals surface area contributed by atoms with Crippen molar-refractivity contribution >= 4 is 11.9 Å². The molecule has 28 heavy (non-hydrogen) atoms. The van der Waals surface area contributed by atoms with Crippen LogP contribution >= 0.6 is 0 Å². The van der Waals surface area contributed by atoms with Crippen LogP contribution in [0.4, 0.5) is 0 Å². The molecular weight excluding hydrogens is 350 g/mol. The third-order valence-electron chi connectivity index (χ3n) is 4.45. The summed E-state index contributed by atoms with van der Waals surface area (Å²) in [5.41, 5.74) is 4.07. The fourth-order valence-electron chi connectivity index (χ4n) is 2.92. The summed E-state index contributed by atoms with van der Waals surface area (Å²) in [5.74, 6) is -0.737. The van der Waals surface area contributed by atoms with Crippen LogP contribution in [0.25, 0.3) is 11.1 Å². The Labute approximate surface area is 165 Å². The fraction of sp³-hybridized carbons (Fsp3) is 0.167. The normalized spacial score (nSPS) is 11.5. The molecule has 3 aromatic rings. The van der Waals surface area contributed by atoms with Gasteiger partial charge in [-0.2, -0.15) is 0 Å². The van der Waals surface area contributed by atoms with Gasteiger partial charge in [-0.15, -0.1) is 0 Å². The highest BCUT2D eigenvalue weighted by Crippen LogP contribution is 2.19. The topological polar surface area (TPSA) is 55.4 Å². The molecule has 4 heteroatoms. The van der Waals surface area contributed by atoms with E-state index in [0.717, 1.165) is 22.3 Å². The van der Waals surface area contributed by atoms with E-state index >= 15 is 0 Å². The van der Waals surface area contributed by atoms with E-state index < -0.39 is 5.97 Å². The van der Waals surface area contributed by atoms with Crippen molar-refractivity contribution in [1.82, 2.24) is 5.32 Å².